The number of carbonyl (C=O) groups excluding carboxylic acids is 1. The lowest BCUT2D eigenvalue weighted by molar-refractivity contribution is -0.139. The van der Waals surface area contributed by atoms with Gasteiger partial charge in [0.1, 0.15) is 12.4 Å². The molecule has 0 N–H and O–H groups in total. The molecule has 2 atom stereocenters. The molecule has 3 heteroatoms. The molecule has 0 spiro atoms. The Morgan fingerprint density at radius 1 is 1.29 bits per heavy atom. The van der Waals surface area contributed by atoms with Gasteiger partial charge in [-0.25, -0.2) is 4.79 Å². The van der Waals surface area contributed by atoms with Crippen molar-refractivity contribution in [2.24, 2.45) is 11.8 Å². The summed E-state index contributed by atoms with van der Waals surface area (Å²) in [6, 6.07) is 7.55. The molecule has 0 aromatic heterocycles. The lowest BCUT2D eigenvalue weighted by Gasteiger charge is -2.15. The first kappa shape index (κ1) is 18.1. The van der Waals surface area contributed by atoms with E-state index in [1.807, 2.05) is 31.2 Å². The van der Waals surface area contributed by atoms with E-state index in [1.54, 1.807) is 12.2 Å². The highest BCUT2D eigenvalue weighted by Crippen LogP contribution is 2.32. The van der Waals surface area contributed by atoms with E-state index >= 15 is 0 Å². The summed E-state index contributed by atoms with van der Waals surface area (Å²) in [6.07, 6.45) is 12.8. The maximum Gasteiger partial charge on any atom is 0.330 e. The summed E-state index contributed by atoms with van der Waals surface area (Å²) in [7, 11) is 0. The highest BCUT2D eigenvalue weighted by molar-refractivity contribution is 5.87. The minimum atomic E-state index is -0.284. The number of carbonyl (C=O) groups is 1. The average molecular weight is 326 g/mol. The van der Waals surface area contributed by atoms with E-state index in [1.165, 1.54) is 18.9 Å². The highest BCUT2D eigenvalue weighted by Gasteiger charge is 2.25. The lowest BCUT2D eigenvalue weighted by Crippen LogP contribution is -2.15. The predicted molar refractivity (Wildman–Crippen MR) is 97.8 cm³/mol. The first-order valence-electron chi connectivity index (χ1n) is 8.54. The van der Waals surface area contributed by atoms with Crippen molar-refractivity contribution in [3.8, 4) is 5.75 Å². The zero-order chi connectivity index (χ0) is 17.2. The van der Waals surface area contributed by atoms with Gasteiger partial charge in [-0.1, -0.05) is 43.4 Å². The van der Waals surface area contributed by atoms with Crippen molar-refractivity contribution in [2.45, 2.75) is 26.2 Å². The Morgan fingerprint density at radius 3 is 2.79 bits per heavy atom. The van der Waals surface area contributed by atoms with Crippen LogP contribution < -0.4 is 4.74 Å². The van der Waals surface area contributed by atoms with Crippen molar-refractivity contribution in [3.05, 3.63) is 60.7 Å². The van der Waals surface area contributed by atoms with Crippen LogP contribution in [-0.4, -0.2) is 19.2 Å². The second kappa shape index (κ2) is 9.76. The zero-order valence-electron chi connectivity index (χ0n) is 14.3. The van der Waals surface area contributed by atoms with Gasteiger partial charge in [0.05, 0.1) is 6.61 Å². The standard InChI is InChI=1S/C21H26O3/c1-3-6-18-7-5-8-19(18)16-24-21(22)14-11-17-9-12-20(13-10-17)23-15-4-2/h3-4,6,9-14,18-19H,2,5,7-8,15-16H2,1H3/b6-3-,14-11+. The first-order chi connectivity index (χ1) is 11.7. The van der Waals surface area contributed by atoms with Crippen LogP contribution in [0.2, 0.25) is 0 Å². The number of esters is 1. The Kier molecular flexibility index (Phi) is 7.34. The van der Waals surface area contributed by atoms with Crippen LogP contribution in [0.5, 0.6) is 5.75 Å². The zero-order valence-corrected chi connectivity index (χ0v) is 14.3. The van der Waals surface area contributed by atoms with E-state index in [2.05, 4.69) is 18.7 Å². The summed E-state index contributed by atoms with van der Waals surface area (Å²) in [5.41, 5.74) is 0.936. The van der Waals surface area contributed by atoms with Crippen molar-refractivity contribution in [3.63, 3.8) is 0 Å². The largest absolute Gasteiger partial charge is 0.490 e. The third-order valence-corrected chi connectivity index (χ3v) is 4.26. The van der Waals surface area contributed by atoms with Crippen LogP contribution in [-0.2, 0) is 9.53 Å². The second-order valence-electron chi connectivity index (χ2n) is 6.01. The summed E-state index contributed by atoms with van der Waals surface area (Å²) >= 11 is 0. The molecular weight excluding hydrogens is 300 g/mol. The normalized spacial score (nSPS) is 20.5. The van der Waals surface area contributed by atoms with Gasteiger partial charge in [0.25, 0.3) is 0 Å². The Balaban J connectivity index is 1.79. The molecule has 1 fully saturated rings. The van der Waals surface area contributed by atoms with Crippen molar-refractivity contribution in [1.82, 2.24) is 0 Å². The molecule has 2 unspecified atom stereocenters. The Morgan fingerprint density at radius 2 is 2.08 bits per heavy atom. The molecule has 0 bridgehead atoms. The number of hydrogen-bond acceptors (Lipinski definition) is 3. The van der Waals surface area contributed by atoms with E-state index in [0.29, 0.717) is 25.0 Å². The molecule has 2 rings (SSSR count). The molecular formula is C21H26O3. The van der Waals surface area contributed by atoms with Crippen LogP contribution in [0, 0.1) is 11.8 Å². The smallest absolute Gasteiger partial charge is 0.330 e. The van der Waals surface area contributed by atoms with Gasteiger partial charge in [0.2, 0.25) is 0 Å². The molecule has 128 valence electrons. The molecule has 0 amide bonds. The molecule has 1 aromatic rings. The van der Waals surface area contributed by atoms with Crippen LogP contribution in [0.15, 0.2) is 55.1 Å². The molecule has 1 saturated carbocycles. The van der Waals surface area contributed by atoms with E-state index in [0.717, 1.165) is 17.7 Å². The number of benzene rings is 1. The maximum absolute atomic E-state index is 11.9. The number of ether oxygens (including phenoxy) is 2. The van der Waals surface area contributed by atoms with Gasteiger partial charge < -0.3 is 9.47 Å². The van der Waals surface area contributed by atoms with Crippen molar-refractivity contribution < 1.29 is 14.3 Å². The third-order valence-electron chi connectivity index (χ3n) is 4.26. The Labute approximate surface area is 144 Å². The SMILES string of the molecule is C=CCOc1ccc(/C=C/C(=O)OCC2CCCC2/C=C\C)cc1. The molecule has 0 radical (unpaired) electrons. The topological polar surface area (TPSA) is 35.5 Å². The summed E-state index contributed by atoms with van der Waals surface area (Å²) in [5.74, 6) is 1.51. The van der Waals surface area contributed by atoms with E-state index in [-0.39, 0.29) is 5.97 Å². The lowest BCUT2D eigenvalue weighted by atomic mass is 9.96. The molecule has 0 aliphatic heterocycles. The maximum atomic E-state index is 11.9. The molecule has 24 heavy (non-hydrogen) atoms. The predicted octanol–water partition coefficient (Wildman–Crippen LogP) is 4.80. The van der Waals surface area contributed by atoms with Crippen LogP contribution in [0.1, 0.15) is 31.7 Å². The molecule has 0 heterocycles. The van der Waals surface area contributed by atoms with E-state index in [9.17, 15) is 4.79 Å². The van der Waals surface area contributed by atoms with Crippen LogP contribution in [0.4, 0.5) is 0 Å². The molecule has 1 aliphatic rings. The molecule has 0 saturated heterocycles. The van der Waals surface area contributed by atoms with Gasteiger partial charge in [0, 0.05) is 6.08 Å². The number of rotatable bonds is 8. The van der Waals surface area contributed by atoms with Crippen molar-refractivity contribution in [2.75, 3.05) is 13.2 Å². The first-order valence-corrected chi connectivity index (χ1v) is 8.54. The van der Waals surface area contributed by atoms with Gasteiger partial charge in [-0.2, -0.15) is 0 Å². The average Bonchev–Trinajstić information content (AvgIpc) is 3.05. The molecule has 1 aromatic carbocycles. The fourth-order valence-corrected chi connectivity index (χ4v) is 3.00. The van der Waals surface area contributed by atoms with Crippen LogP contribution >= 0.6 is 0 Å². The molecule has 1 aliphatic carbocycles. The fourth-order valence-electron chi connectivity index (χ4n) is 3.00. The summed E-state index contributed by atoms with van der Waals surface area (Å²) < 4.78 is 10.8. The van der Waals surface area contributed by atoms with Gasteiger partial charge in [0.15, 0.2) is 0 Å². The molecule has 3 nitrogen and oxygen atoms in total. The summed E-state index contributed by atoms with van der Waals surface area (Å²) in [6.45, 7) is 6.64. The monoisotopic (exact) mass is 326 g/mol. The van der Waals surface area contributed by atoms with Gasteiger partial charge >= 0.3 is 5.97 Å². The minimum Gasteiger partial charge on any atom is -0.490 e. The quantitative estimate of drug-likeness (QED) is 0.391. The highest BCUT2D eigenvalue weighted by atomic mass is 16.5. The minimum absolute atomic E-state index is 0.284. The van der Waals surface area contributed by atoms with Crippen LogP contribution in [0.3, 0.4) is 0 Å². The fraction of sp³-hybridized carbons (Fsp3) is 0.381. The van der Waals surface area contributed by atoms with E-state index in [4.69, 9.17) is 9.47 Å². The Hall–Kier alpha value is -2.29. The van der Waals surface area contributed by atoms with Gasteiger partial charge in [-0.15, -0.1) is 0 Å². The summed E-state index contributed by atoms with van der Waals surface area (Å²) in [5, 5.41) is 0. The second-order valence-corrected chi connectivity index (χ2v) is 6.01. The number of hydrogen-bond donors (Lipinski definition) is 0. The Bertz CT molecular complexity index is 584. The number of allylic oxidation sites excluding steroid dienone is 2. The van der Waals surface area contributed by atoms with Crippen molar-refractivity contribution >= 4 is 12.0 Å². The van der Waals surface area contributed by atoms with E-state index < -0.39 is 0 Å². The third kappa shape index (κ3) is 5.73. The summed E-state index contributed by atoms with van der Waals surface area (Å²) in [4.78, 5) is 11.9. The van der Waals surface area contributed by atoms with Gasteiger partial charge in [-0.05, 0) is 55.4 Å². The van der Waals surface area contributed by atoms with Crippen LogP contribution in [0.25, 0.3) is 6.08 Å². The van der Waals surface area contributed by atoms with Gasteiger partial charge in [-0.3, -0.25) is 0 Å². The van der Waals surface area contributed by atoms with Crippen molar-refractivity contribution in [1.29, 1.82) is 0 Å².